The molecule has 0 heterocycles. The van der Waals surface area contributed by atoms with Crippen LogP contribution in [0.1, 0.15) is 12.5 Å². The number of methoxy groups -OCH3 is 1. The van der Waals surface area contributed by atoms with Crippen LogP contribution in [-0.4, -0.2) is 25.1 Å². The van der Waals surface area contributed by atoms with Gasteiger partial charge < -0.3 is 10.5 Å². The van der Waals surface area contributed by atoms with E-state index in [-0.39, 0.29) is 0 Å². The zero-order valence-corrected chi connectivity index (χ0v) is 10.1. The Morgan fingerprint density at radius 2 is 2.25 bits per heavy atom. The molecule has 0 aromatic heterocycles. The molecule has 1 aromatic rings. The van der Waals surface area contributed by atoms with Crippen LogP contribution in [0.5, 0.6) is 5.75 Å². The summed E-state index contributed by atoms with van der Waals surface area (Å²) in [6, 6.07) is 5.77. The lowest BCUT2D eigenvalue weighted by Gasteiger charge is -2.20. The maximum Gasteiger partial charge on any atom is 0.125 e. The number of nitrogens with zero attached hydrogens (tertiary/aromatic N) is 1. The van der Waals surface area contributed by atoms with Gasteiger partial charge in [0.1, 0.15) is 5.75 Å². The molecule has 1 aromatic carbocycles. The van der Waals surface area contributed by atoms with E-state index in [1.54, 1.807) is 7.11 Å². The molecule has 2 N–H and O–H groups in total. The highest BCUT2D eigenvalue weighted by Gasteiger charge is 2.07. The van der Waals surface area contributed by atoms with Crippen LogP contribution in [0.4, 0.5) is 5.69 Å². The van der Waals surface area contributed by atoms with Crippen molar-refractivity contribution in [2.24, 2.45) is 0 Å². The highest BCUT2D eigenvalue weighted by Crippen LogP contribution is 2.22. The Morgan fingerprint density at radius 3 is 2.81 bits per heavy atom. The molecular formula is C13H20N2O. The summed E-state index contributed by atoms with van der Waals surface area (Å²) in [5.41, 5.74) is 7.60. The van der Waals surface area contributed by atoms with Crippen molar-refractivity contribution in [1.82, 2.24) is 4.90 Å². The lowest BCUT2D eigenvalue weighted by molar-refractivity contribution is 0.303. The summed E-state index contributed by atoms with van der Waals surface area (Å²) >= 11 is 0. The summed E-state index contributed by atoms with van der Waals surface area (Å²) in [7, 11) is 1.67. The maximum atomic E-state index is 5.72. The maximum absolute atomic E-state index is 5.72. The van der Waals surface area contributed by atoms with Gasteiger partial charge in [-0.1, -0.05) is 19.1 Å². The van der Waals surface area contributed by atoms with Gasteiger partial charge in [0.15, 0.2) is 0 Å². The SMILES string of the molecule is C=CCN(CC)Cc1ccc(N)cc1OC. The van der Waals surface area contributed by atoms with Crippen LogP contribution in [0.3, 0.4) is 0 Å². The van der Waals surface area contributed by atoms with E-state index in [1.165, 1.54) is 0 Å². The minimum Gasteiger partial charge on any atom is -0.496 e. The predicted molar refractivity (Wildman–Crippen MR) is 68.6 cm³/mol. The predicted octanol–water partition coefficient (Wildman–Crippen LogP) is 2.29. The summed E-state index contributed by atoms with van der Waals surface area (Å²) in [5.74, 6) is 0.850. The normalized spacial score (nSPS) is 10.4. The lowest BCUT2D eigenvalue weighted by Crippen LogP contribution is -2.23. The Kier molecular flexibility index (Phi) is 4.86. The second kappa shape index (κ2) is 6.18. The lowest BCUT2D eigenvalue weighted by atomic mass is 10.1. The molecule has 3 heteroatoms. The Bertz CT molecular complexity index is 350. The number of nitrogen functional groups attached to an aromatic ring is 1. The fourth-order valence-corrected chi connectivity index (χ4v) is 1.62. The molecule has 88 valence electrons. The van der Waals surface area contributed by atoms with Crippen molar-refractivity contribution in [2.75, 3.05) is 25.9 Å². The molecular weight excluding hydrogens is 200 g/mol. The first-order valence-corrected chi connectivity index (χ1v) is 5.46. The zero-order chi connectivity index (χ0) is 12.0. The third-order valence-corrected chi connectivity index (χ3v) is 2.54. The number of hydrogen-bond acceptors (Lipinski definition) is 3. The monoisotopic (exact) mass is 220 g/mol. The zero-order valence-electron chi connectivity index (χ0n) is 10.1. The molecule has 1 rings (SSSR count). The number of benzene rings is 1. The average molecular weight is 220 g/mol. The van der Waals surface area contributed by atoms with Crippen molar-refractivity contribution < 1.29 is 4.74 Å². The molecule has 0 atom stereocenters. The highest BCUT2D eigenvalue weighted by molar-refractivity contribution is 5.48. The summed E-state index contributed by atoms with van der Waals surface area (Å²) < 4.78 is 5.32. The molecule has 0 saturated heterocycles. The third kappa shape index (κ3) is 3.28. The fraction of sp³-hybridized carbons (Fsp3) is 0.385. The molecule has 0 amide bonds. The Morgan fingerprint density at radius 1 is 1.50 bits per heavy atom. The number of hydrogen-bond donors (Lipinski definition) is 1. The Balaban J connectivity index is 2.82. The van der Waals surface area contributed by atoms with Gasteiger partial charge in [0, 0.05) is 30.4 Å². The smallest absolute Gasteiger partial charge is 0.125 e. The van der Waals surface area contributed by atoms with Crippen molar-refractivity contribution in [1.29, 1.82) is 0 Å². The van der Waals surface area contributed by atoms with E-state index in [0.717, 1.165) is 36.6 Å². The van der Waals surface area contributed by atoms with Crippen LogP contribution >= 0.6 is 0 Å². The van der Waals surface area contributed by atoms with Gasteiger partial charge in [0.05, 0.1) is 7.11 Å². The van der Waals surface area contributed by atoms with Crippen LogP contribution < -0.4 is 10.5 Å². The summed E-state index contributed by atoms with van der Waals surface area (Å²) in [6.45, 7) is 8.60. The molecule has 0 fully saturated rings. The molecule has 0 aliphatic rings. The van der Waals surface area contributed by atoms with E-state index in [4.69, 9.17) is 10.5 Å². The number of likely N-dealkylation sites (N-methyl/N-ethyl adjacent to an activating group) is 1. The standard InChI is InChI=1S/C13H20N2O/c1-4-8-15(5-2)10-11-6-7-12(14)9-13(11)16-3/h4,6-7,9H,1,5,8,10,14H2,2-3H3. The minimum atomic E-state index is 0.729. The number of anilines is 1. The quantitative estimate of drug-likeness (QED) is 0.590. The van der Waals surface area contributed by atoms with Crippen molar-refractivity contribution in [3.05, 3.63) is 36.4 Å². The van der Waals surface area contributed by atoms with Crippen LogP contribution in [0.25, 0.3) is 0 Å². The highest BCUT2D eigenvalue weighted by atomic mass is 16.5. The van der Waals surface area contributed by atoms with Crippen molar-refractivity contribution in [3.63, 3.8) is 0 Å². The van der Waals surface area contributed by atoms with Gasteiger partial charge in [-0.05, 0) is 12.6 Å². The first-order chi connectivity index (χ1) is 7.71. The van der Waals surface area contributed by atoms with Gasteiger partial charge in [0.25, 0.3) is 0 Å². The summed E-state index contributed by atoms with van der Waals surface area (Å²) in [5, 5.41) is 0. The first-order valence-electron chi connectivity index (χ1n) is 5.46. The van der Waals surface area contributed by atoms with Crippen LogP contribution in [-0.2, 0) is 6.54 Å². The largest absolute Gasteiger partial charge is 0.496 e. The van der Waals surface area contributed by atoms with E-state index in [9.17, 15) is 0 Å². The molecule has 3 nitrogen and oxygen atoms in total. The molecule has 16 heavy (non-hydrogen) atoms. The van der Waals surface area contributed by atoms with Crippen molar-refractivity contribution >= 4 is 5.69 Å². The molecule has 0 saturated carbocycles. The molecule has 0 unspecified atom stereocenters. The summed E-state index contributed by atoms with van der Waals surface area (Å²) in [6.07, 6.45) is 1.91. The molecule has 0 spiro atoms. The van der Waals surface area contributed by atoms with E-state index >= 15 is 0 Å². The summed E-state index contributed by atoms with van der Waals surface area (Å²) in [4.78, 5) is 2.28. The van der Waals surface area contributed by atoms with Crippen LogP contribution in [0.15, 0.2) is 30.9 Å². The number of ether oxygens (including phenoxy) is 1. The minimum absolute atomic E-state index is 0.729. The van der Waals surface area contributed by atoms with Gasteiger partial charge in [-0.25, -0.2) is 0 Å². The molecule has 0 aliphatic carbocycles. The van der Waals surface area contributed by atoms with Gasteiger partial charge in [-0.15, -0.1) is 6.58 Å². The van der Waals surface area contributed by atoms with E-state index < -0.39 is 0 Å². The van der Waals surface area contributed by atoms with E-state index in [0.29, 0.717) is 0 Å². The molecule has 0 aliphatic heterocycles. The van der Waals surface area contributed by atoms with Crippen LogP contribution in [0.2, 0.25) is 0 Å². The Labute approximate surface area is 97.5 Å². The van der Waals surface area contributed by atoms with Crippen molar-refractivity contribution in [2.45, 2.75) is 13.5 Å². The van der Waals surface area contributed by atoms with Gasteiger partial charge in [0.2, 0.25) is 0 Å². The number of nitrogens with two attached hydrogens (primary N) is 1. The van der Waals surface area contributed by atoms with Gasteiger partial charge in [-0.3, -0.25) is 4.90 Å². The second-order valence-corrected chi connectivity index (χ2v) is 3.69. The van der Waals surface area contributed by atoms with E-state index in [2.05, 4.69) is 18.4 Å². The fourth-order valence-electron chi connectivity index (χ4n) is 1.62. The first kappa shape index (κ1) is 12.6. The van der Waals surface area contributed by atoms with Crippen LogP contribution in [0, 0.1) is 0 Å². The number of rotatable bonds is 6. The Hall–Kier alpha value is -1.48. The topological polar surface area (TPSA) is 38.5 Å². The van der Waals surface area contributed by atoms with Gasteiger partial charge >= 0.3 is 0 Å². The van der Waals surface area contributed by atoms with Crippen molar-refractivity contribution in [3.8, 4) is 5.75 Å². The second-order valence-electron chi connectivity index (χ2n) is 3.69. The average Bonchev–Trinajstić information content (AvgIpc) is 2.30. The van der Waals surface area contributed by atoms with Gasteiger partial charge in [-0.2, -0.15) is 0 Å². The third-order valence-electron chi connectivity index (χ3n) is 2.54. The molecule has 0 radical (unpaired) electrons. The van der Waals surface area contributed by atoms with E-state index in [1.807, 2.05) is 24.3 Å². The molecule has 0 bridgehead atoms.